The summed E-state index contributed by atoms with van der Waals surface area (Å²) < 4.78 is 13.9. The number of fused-ring (bicyclic) bond motifs is 1. The minimum absolute atomic E-state index is 0.110. The molecule has 4 rings (SSSR count). The van der Waals surface area contributed by atoms with Crippen LogP contribution in [0, 0.1) is 19.7 Å². The highest BCUT2D eigenvalue weighted by Gasteiger charge is 2.17. The fraction of sp³-hybridized carbons (Fsp3) is 0.105. The molecule has 4 aromatic rings. The molecule has 2 aromatic heterocycles. The van der Waals surface area contributed by atoms with E-state index in [-0.39, 0.29) is 17.3 Å². The smallest absolute Gasteiger partial charge is 0.275 e. The maximum Gasteiger partial charge on any atom is 0.275 e. The van der Waals surface area contributed by atoms with Gasteiger partial charge in [0.2, 0.25) is 0 Å². The van der Waals surface area contributed by atoms with Gasteiger partial charge in [0.1, 0.15) is 17.3 Å². The van der Waals surface area contributed by atoms with Gasteiger partial charge in [-0.2, -0.15) is 5.10 Å². The third kappa shape index (κ3) is 3.26. The van der Waals surface area contributed by atoms with E-state index < -0.39 is 5.91 Å². The number of rotatable bonds is 3. The number of carbonyl (C=O) groups excluding carboxylic acids is 1. The first kappa shape index (κ1) is 17.2. The van der Waals surface area contributed by atoms with Crippen molar-refractivity contribution in [1.29, 1.82) is 0 Å². The Kier molecular flexibility index (Phi) is 4.12. The zero-order chi connectivity index (χ0) is 19.1. The van der Waals surface area contributed by atoms with Crippen molar-refractivity contribution in [2.24, 2.45) is 0 Å². The highest BCUT2D eigenvalue weighted by Crippen LogP contribution is 2.33. The van der Waals surface area contributed by atoms with Gasteiger partial charge < -0.3 is 5.11 Å². The Labute approximate surface area is 157 Å². The Morgan fingerprint density at radius 3 is 2.81 bits per heavy atom. The van der Waals surface area contributed by atoms with E-state index >= 15 is 0 Å². The number of aromatic nitrogens is 3. The van der Waals surface area contributed by atoms with E-state index in [9.17, 15) is 14.3 Å². The number of H-pyrrole nitrogens is 1. The Morgan fingerprint density at radius 2 is 2.04 bits per heavy atom. The maximum atomic E-state index is 13.3. The van der Waals surface area contributed by atoms with Crippen LogP contribution in [0.25, 0.3) is 21.5 Å². The molecule has 3 N–H and O–H groups in total. The second-order valence-electron chi connectivity index (χ2n) is 6.23. The van der Waals surface area contributed by atoms with E-state index in [2.05, 4.69) is 20.5 Å². The van der Waals surface area contributed by atoms with Gasteiger partial charge in [0.15, 0.2) is 5.13 Å². The number of aromatic hydroxyl groups is 1. The van der Waals surface area contributed by atoms with Crippen LogP contribution in [-0.2, 0) is 0 Å². The number of nitrogens with one attached hydrogen (secondary N) is 2. The van der Waals surface area contributed by atoms with Crippen LogP contribution in [0.1, 0.15) is 21.6 Å². The quantitative estimate of drug-likeness (QED) is 0.490. The normalized spacial score (nSPS) is 11.1. The third-order valence-corrected chi connectivity index (χ3v) is 5.04. The van der Waals surface area contributed by atoms with E-state index in [1.807, 2.05) is 19.9 Å². The monoisotopic (exact) mass is 382 g/mol. The lowest BCUT2D eigenvalue weighted by Gasteiger charge is -2.06. The highest BCUT2D eigenvalue weighted by molar-refractivity contribution is 7.22. The molecule has 136 valence electrons. The van der Waals surface area contributed by atoms with Crippen LogP contribution in [0.15, 0.2) is 36.4 Å². The number of anilines is 1. The lowest BCUT2D eigenvalue weighted by molar-refractivity contribution is 0.102. The highest BCUT2D eigenvalue weighted by atomic mass is 32.1. The van der Waals surface area contributed by atoms with Gasteiger partial charge in [-0.3, -0.25) is 15.2 Å². The largest absolute Gasteiger partial charge is 0.507 e. The molecule has 0 bridgehead atoms. The molecule has 0 aliphatic carbocycles. The third-order valence-electron chi connectivity index (χ3n) is 4.11. The zero-order valence-corrected chi connectivity index (χ0v) is 15.3. The molecule has 0 saturated heterocycles. The van der Waals surface area contributed by atoms with Crippen molar-refractivity contribution in [2.75, 3.05) is 5.32 Å². The number of halogens is 1. The van der Waals surface area contributed by atoms with Crippen LogP contribution in [0.3, 0.4) is 0 Å². The summed E-state index contributed by atoms with van der Waals surface area (Å²) in [5.74, 6) is -0.660. The Morgan fingerprint density at radius 1 is 1.22 bits per heavy atom. The molecule has 0 saturated carbocycles. The SMILES string of the molecule is Cc1cc(C)c(-c2cc(C(=O)Nc3nc4ccc(F)cc4s3)[nH]n2)c(O)c1. The summed E-state index contributed by atoms with van der Waals surface area (Å²) in [6.45, 7) is 3.76. The minimum atomic E-state index is -0.419. The van der Waals surface area contributed by atoms with E-state index in [1.54, 1.807) is 18.2 Å². The van der Waals surface area contributed by atoms with E-state index in [1.165, 1.54) is 23.5 Å². The van der Waals surface area contributed by atoms with Crippen molar-refractivity contribution in [1.82, 2.24) is 15.2 Å². The fourth-order valence-electron chi connectivity index (χ4n) is 2.96. The summed E-state index contributed by atoms with van der Waals surface area (Å²) in [7, 11) is 0. The number of phenols is 1. The molecule has 1 amide bonds. The molecular weight excluding hydrogens is 367 g/mol. The average Bonchev–Trinajstić information content (AvgIpc) is 3.20. The van der Waals surface area contributed by atoms with Crippen molar-refractivity contribution in [3.63, 3.8) is 0 Å². The van der Waals surface area contributed by atoms with Crippen LogP contribution in [0.2, 0.25) is 0 Å². The molecule has 0 fully saturated rings. The van der Waals surface area contributed by atoms with Gasteiger partial charge in [0.25, 0.3) is 5.91 Å². The minimum Gasteiger partial charge on any atom is -0.507 e. The van der Waals surface area contributed by atoms with Gasteiger partial charge >= 0.3 is 0 Å². The van der Waals surface area contributed by atoms with Crippen molar-refractivity contribution >= 4 is 32.6 Å². The Hall–Kier alpha value is -3.26. The van der Waals surface area contributed by atoms with E-state index in [4.69, 9.17) is 0 Å². The predicted octanol–water partition coefficient (Wildman–Crippen LogP) is 4.40. The van der Waals surface area contributed by atoms with Crippen LogP contribution < -0.4 is 5.32 Å². The first-order valence-electron chi connectivity index (χ1n) is 8.14. The van der Waals surface area contributed by atoms with Crippen LogP contribution in [0.4, 0.5) is 9.52 Å². The first-order chi connectivity index (χ1) is 12.9. The number of thiazole rings is 1. The van der Waals surface area contributed by atoms with Crippen molar-refractivity contribution in [2.45, 2.75) is 13.8 Å². The molecule has 2 heterocycles. The fourth-order valence-corrected chi connectivity index (χ4v) is 3.85. The van der Waals surface area contributed by atoms with Gasteiger partial charge in [0.05, 0.1) is 15.9 Å². The summed E-state index contributed by atoms with van der Waals surface area (Å²) >= 11 is 1.19. The number of aryl methyl sites for hydroxylation is 2. The average molecular weight is 382 g/mol. The number of aromatic amines is 1. The lowest BCUT2D eigenvalue weighted by Crippen LogP contribution is -2.11. The number of benzene rings is 2. The Bertz CT molecular complexity index is 1160. The molecule has 6 nitrogen and oxygen atoms in total. The molecule has 27 heavy (non-hydrogen) atoms. The molecule has 0 aliphatic heterocycles. The van der Waals surface area contributed by atoms with E-state index in [0.717, 1.165) is 11.1 Å². The molecule has 0 atom stereocenters. The zero-order valence-electron chi connectivity index (χ0n) is 14.5. The summed E-state index contributed by atoms with van der Waals surface area (Å²) in [6.07, 6.45) is 0. The number of carbonyl (C=O) groups is 1. The molecular formula is C19H15FN4O2S. The second-order valence-corrected chi connectivity index (χ2v) is 7.26. The standard InChI is InChI=1S/C19H15FN4O2S/c1-9-5-10(2)17(15(25)6-9)13-8-14(24-23-13)18(26)22-19-21-12-4-3-11(20)7-16(12)27-19/h3-8,25H,1-2H3,(H,23,24)(H,21,22,26). The van der Waals surface area contributed by atoms with Gasteiger partial charge in [-0.05, 0) is 55.3 Å². The number of nitrogens with zero attached hydrogens (tertiary/aromatic N) is 2. The molecule has 0 spiro atoms. The number of hydrogen-bond acceptors (Lipinski definition) is 5. The molecule has 8 heteroatoms. The van der Waals surface area contributed by atoms with Crippen molar-refractivity contribution in [3.05, 3.63) is 59.0 Å². The number of amides is 1. The van der Waals surface area contributed by atoms with Gasteiger partial charge in [0, 0.05) is 5.56 Å². The van der Waals surface area contributed by atoms with Crippen molar-refractivity contribution < 1.29 is 14.3 Å². The maximum absolute atomic E-state index is 13.3. The number of hydrogen-bond donors (Lipinski definition) is 3. The summed E-state index contributed by atoms with van der Waals surface area (Å²) in [5, 5.41) is 20.1. The summed E-state index contributed by atoms with van der Waals surface area (Å²) in [4.78, 5) is 16.7. The molecule has 0 unspecified atom stereocenters. The number of phenolic OH excluding ortho intramolecular Hbond substituents is 1. The second kappa shape index (κ2) is 6.48. The van der Waals surface area contributed by atoms with E-state index in [0.29, 0.717) is 26.6 Å². The van der Waals surface area contributed by atoms with Crippen LogP contribution >= 0.6 is 11.3 Å². The first-order valence-corrected chi connectivity index (χ1v) is 8.96. The van der Waals surface area contributed by atoms with Crippen LogP contribution in [0.5, 0.6) is 5.75 Å². The van der Waals surface area contributed by atoms with Crippen molar-refractivity contribution in [3.8, 4) is 17.0 Å². The summed E-state index contributed by atoms with van der Waals surface area (Å²) in [5.41, 5.74) is 3.69. The topological polar surface area (TPSA) is 90.9 Å². The molecule has 0 aliphatic rings. The van der Waals surface area contributed by atoms with Gasteiger partial charge in [-0.25, -0.2) is 9.37 Å². The Balaban J connectivity index is 1.60. The predicted molar refractivity (Wildman–Crippen MR) is 103 cm³/mol. The molecule has 0 radical (unpaired) electrons. The van der Waals surface area contributed by atoms with Gasteiger partial charge in [-0.1, -0.05) is 17.4 Å². The van der Waals surface area contributed by atoms with Crippen LogP contribution in [-0.4, -0.2) is 26.2 Å². The molecule has 2 aromatic carbocycles. The summed E-state index contributed by atoms with van der Waals surface area (Å²) in [6, 6.07) is 9.42. The lowest BCUT2D eigenvalue weighted by atomic mass is 10.0. The van der Waals surface area contributed by atoms with Gasteiger partial charge in [-0.15, -0.1) is 0 Å².